The van der Waals surface area contributed by atoms with Crippen molar-refractivity contribution in [1.29, 1.82) is 0 Å². The Hall–Kier alpha value is -1.36. The number of rotatable bonds is 7. The lowest BCUT2D eigenvalue weighted by atomic mass is 9.83. The van der Waals surface area contributed by atoms with E-state index in [-0.39, 0.29) is 11.8 Å². The molecule has 2 fully saturated rings. The van der Waals surface area contributed by atoms with Gasteiger partial charge in [-0.15, -0.1) is 11.3 Å². The van der Waals surface area contributed by atoms with Crippen LogP contribution >= 0.6 is 11.3 Å². The quantitative estimate of drug-likeness (QED) is 0.814. The monoisotopic (exact) mass is 348 g/mol. The lowest BCUT2D eigenvalue weighted by Crippen LogP contribution is -2.44. The lowest BCUT2D eigenvalue weighted by Gasteiger charge is -2.37. The zero-order valence-electron chi connectivity index (χ0n) is 14.5. The van der Waals surface area contributed by atoms with Crippen molar-refractivity contribution < 1.29 is 9.59 Å². The van der Waals surface area contributed by atoms with Crippen LogP contribution < -0.4 is 5.32 Å². The van der Waals surface area contributed by atoms with Gasteiger partial charge in [0.25, 0.3) is 5.91 Å². The first-order valence-electron chi connectivity index (χ1n) is 9.32. The minimum atomic E-state index is -0.0702. The highest BCUT2D eigenvalue weighted by Gasteiger charge is 2.38. The SMILES string of the molecule is CCC1CCC(N(C(=O)CCNC(=O)c2cccs2)C2CC2)CC1. The van der Waals surface area contributed by atoms with Gasteiger partial charge in [0.05, 0.1) is 4.88 Å². The van der Waals surface area contributed by atoms with E-state index in [1.807, 2.05) is 17.5 Å². The van der Waals surface area contributed by atoms with Crippen molar-refractivity contribution in [2.45, 2.75) is 70.4 Å². The van der Waals surface area contributed by atoms with Crippen LogP contribution in [0.4, 0.5) is 0 Å². The van der Waals surface area contributed by atoms with Gasteiger partial charge in [-0.25, -0.2) is 0 Å². The Labute approximate surface area is 148 Å². The largest absolute Gasteiger partial charge is 0.351 e. The zero-order valence-corrected chi connectivity index (χ0v) is 15.3. The first-order chi connectivity index (χ1) is 11.7. The molecule has 4 nitrogen and oxygen atoms in total. The second-order valence-electron chi connectivity index (χ2n) is 7.10. The summed E-state index contributed by atoms with van der Waals surface area (Å²) in [6.45, 7) is 2.70. The summed E-state index contributed by atoms with van der Waals surface area (Å²) in [5.74, 6) is 1.01. The molecule has 3 rings (SSSR count). The number of hydrogen-bond acceptors (Lipinski definition) is 3. The summed E-state index contributed by atoms with van der Waals surface area (Å²) in [7, 11) is 0. The Bertz CT molecular complexity index is 546. The van der Waals surface area contributed by atoms with E-state index < -0.39 is 0 Å². The van der Waals surface area contributed by atoms with E-state index in [2.05, 4.69) is 17.1 Å². The van der Waals surface area contributed by atoms with Crippen molar-refractivity contribution in [3.8, 4) is 0 Å². The van der Waals surface area contributed by atoms with Crippen molar-refractivity contribution in [3.63, 3.8) is 0 Å². The normalized spacial score (nSPS) is 23.7. The number of carbonyl (C=O) groups excluding carboxylic acids is 2. The lowest BCUT2D eigenvalue weighted by molar-refractivity contribution is -0.135. The maximum absolute atomic E-state index is 12.7. The minimum Gasteiger partial charge on any atom is -0.351 e. The summed E-state index contributed by atoms with van der Waals surface area (Å²) >= 11 is 1.43. The molecule has 2 aliphatic rings. The first-order valence-corrected chi connectivity index (χ1v) is 10.2. The topological polar surface area (TPSA) is 49.4 Å². The summed E-state index contributed by atoms with van der Waals surface area (Å²) in [4.78, 5) is 27.5. The smallest absolute Gasteiger partial charge is 0.261 e. The van der Waals surface area contributed by atoms with Gasteiger partial charge in [-0.2, -0.15) is 0 Å². The Kier molecular flexibility index (Phi) is 5.93. The van der Waals surface area contributed by atoms with Crippen LogP contribution in [0.5, 0.6) is 0 Å². The second kappa shape index (κ2) is 8.15. The van der Waals surface area contributed by atoms with Crippen molar-refractivity contribution in [2.24, 2.45) is 5.92 Å². The second-order valence-corrected chi connectivity index (χ2v) is 8.05. The highest BCUT2D eigenvalue weighted by molar-refractivity contribution is 7.12. The predicted molar refractivity (Wildman–Crippen MR) is 97.2 cm³/mol. The average molecular weight is 349 g/mol. The third kappa shape index (κ3) is 4.38. The Balaban J connectivity index is 1.47. The molecule has 1 heterocycles. The molecule has 2 amide bonds. The first kappa shape index (κ1) is 17.5. The highest BCUT2D eigenvalue weighted by atomic mass is 32.1. The van der Waals surface area contributed by atoms with Crippen LogP contribution in [0.3, 0.4) is 0 Å². The van der Waals surface area contributed by atoms with E-state index in [0.717, 1.165) is 31.6 Å². The van der Waals surface area contributed by atoms with E-state index in [0.29, 0.717) is 29.9 Å². The molecular weight excluding hydrogens is 320 g/mol. The molecule has 0 unspecified atom stereocenters. The number of carbonyl (C=O) groups is 2. The van der Waals surface area contributed by atoms with Gasteiger partial charge in [0.2, 0.25) is 5.91 Å². The fraction of sp³-hybridized carbons (Fsp3) is 0.684. The van der Waals surface area contributed by atoms with Crippen LogP contribution in [0.1, 0.15) is 68.0 Å². The summed E-state index contributed by atoms with van der Waals surface area (Å²) in [5, 5.41) is 4.76. The van der Waals surface area contributed by atoms with E-state index in [1.54, 1.807) is 0 Å². The molecule has 0 bridgehead atoms. The van der Waals surface area contributed by atoms with Gasteiger partial charge in [-0.3, -0.25) is 9.59 Å². The highest BCUT2D eigenvalue weighted by Crippen LogP contribution is 2.36. The van der Waals surface area contributed by atoms with Gasteiger partial charge < -0.3 is 10.2 Å². The third-order valence-corrected chi connectivity index (χ3v) is 6.25. The molecule has 0 spiro atoms. The summed E-state index contributed by atoms with van der Waals surface area (Å²) in [6.07, 6.45) is 8.81. The Morgan fingerprint density at radius 3 is 2.38 bits per heavy atom. The van der Waals surface area contributed by atoms with Crippen LogP contribution in [0.25, 0.3) is 0 Å². The predicted octanol–water partition coefficient (Wildman–Crippen LogP) is 3.83. The van der Waals surface area contributed by atoms with Crippen molar-refractivity contribution in [1.82, 2.24) is 10.2 Å². The molecule has 2 aliphatic carbocycles. The fourth-order valence-corrected chi connectivity index (χ4v) is 4.44. The van der Waals surface area contributed by atoms with E-state index in [9.17, 15) is 9.59 Å². The van der Waals surface area contributed by atoms with Crippen LogP contribution in [-0.2, 0) is 4.79 Å². The van der Waals surface area contributed by atoms with Crippen LogP contribution in [0.15, 0.2) is 17.5 Å². The average Bonchev–Trinajstić information content (AvgIpc) is 3.26. The Morgan fingerprint density at radius 2 is 1.83 bits per heavy atom. The standard InChI is InChI=1S/C19H28N2O2S/c1-2-14-5-7-15(8-6-14)21(16-9-10-16)18(22)11-12-20-19(23)17-4-3-13-24-17/h3-4,13-16H,2,5-12H2,1H3,(H,20,23). The van der Waals surface area contributed by atoms with E-state index >= 15 is 0 Å². The fourth-order valence-electron chi connectivity index (χ4n) is 3.80. The third-order valence-electron chi connectivity index (χ3n) is 5.38. The number of nitrogens with one attached hydrogen (secondary N) is 1. The minimum absolute atomic E-state index is 0.0702. The van der Waals surface area contributed by atoms with Gasteiger partial charge in [0.1, 0.15) is 0 Å². The molecule has 0 radical (unpaired) electrons. The zero-order chi connectivity index (χ0) is 16.9. The van der Waals surface area contributed by atoms with Gasteiger partial charge in [0.15, 0.2) is 0 Å². The van der Waals surface area contributed by atoms with Gasteiger partial charge >= 0.3 is 0 Å². The Morgan fingerprint density at radius 1 is 1.17 bits per heavy atom. The van der Waals surface area contributed by atoms with Crippen LogP contribution in [-0.4, -0.2) is 35.3 Å². The molecule has 0 aromatic carbocycles. The van der Waals surface area contributed by atoms with Crippen molar-refractivity contribution in [3.05, 3.63) is 22.4 Å². The number of hydrogen-bond donors (Lipinski definition) is 1. The molecule has 24 heavy (non-hydrogen) atoms. The number of amides is 2. The van der Waals surface area contributed by atoms with E-state index in [4.69, 9.17) is 0 Å². The summed E-state index contributed by atoms with van der Waals surface area (Å²) in [6, 6.07) is 4.57. The van der Waals surface area contributed by atoms with Crippen molar-refractivity contribution in [2.75, 3.05) is 6.54 Å². The van der Waals surface area contributed by atoms with Gasteiger partial charge in [-0.05, 0) is 55.9 Å². The number of nitrogens with zero attached hydrogens (tertiary/aromatic N) is 1. The van der Waals surface area contributed by atoms with Crippen molar-refractivity contribution >= 4 is 23.2 Å². The summed E-state index contributed by atoms with van der Waals surface area (Å²) in [5.41, 5.74) is 0. The molecular formula is C19H28N2O2S. The van der Waals surface area contributed by atoms with E-state index in [1.165, 1.54) is 30.6 Å². The van der Waals surface area contributed by atoms with Gasteiger partial charge in [-0.1, -0.05) is 19.4 Å². The number of thiophene rings is 1. The van der Waals surface area contributed by atoms with Crippen LogP contribution in [0, 0.1) is 5.92 Å². The van der Waals surface area contributed by atoms with Gasteiger partial charge in [0, 0.05) is 25.0 Å². The molecule has 0 saturated heterocycles. The molecule has 5 heteroatoms. The molecule has 132 valence electrons. The molecule has 1 aromatic heterocycles. The molecule has 2 saturated carbocycles. The maximum Gasteiger partial charge on any atom is 0.261 e. The molecule has 0 atom stereocenters. The molecule has 0 aliphatic heterocycles. The summed E-state index contributed by atoms with van der Waals surface area (Å²) < 4.78 is 0. The molecule has 1 aromatic rings. The van der Waals surface area contributed by atoms with Crippen LogP contribution in [0.2, 0.25) is 0 Å². The maximum atomic E-state index is 12.7. The molecule has 1 N–H and O–H groups in total.